The Morgan fingerprint density at radius 3 is 2.79 bits per heavy atom. The summed E-state index contributed by atoms with van der Waals surface area (Å²) in [5, 5.41) is 0. The summed E-state index contributed by atoms with van der Waals surface area (Å²) in [5.41, 5.74) is 0. The number of sulfonamides is 1. The first-order valence-electron chi connectivity index (χ1n) is 6.45. The van der Waals surface area contributed by atoms with E-state index in [9.17, 15) is 8.42 Å². The highest BCUT2D eigenvalue weighted by Gasteiger charge is 2.22. The van der Waals surface area contributed by atoms with E-state index in [0.717, 1.165) is 13.0 Å². The zero-order valence-corrected chi connectivity index (χ0v) is 13.4. The van der Waals surface area contributed by atoms with Gasteiger partial charge in [0.25, 0.3) is 0 Å². The molecule has 4 nitrogen and oxygen atoms in total. The van der Waals surface area contributed by atoms with Crippen LogP contribution in [0, 0.1) is 0 Å². The van der Waals surface area contributed by atoms with Gasteiger partial charge in [-0.2, -0.15) is 0 Å². The van der Waals surface area contributed by atoms with Crippen molar-refractivity contribution in [2.75, 3.05) is 20.1 Å². The van der Waals surface area contributed by atoms with E-state index in [1.165, 1.54) is 12.8 Å². The molecule has 0 amide bonds. The van der Waals surface area contributed by atoms with Gasteiger partial charge in [0.1, 0.15) is 0 Å². The maximum atomic E-state index is 12.2. The van der Waals surface area contributed by atoms with E-state index < -0.39 is 10.0 Å². The third-order valence-corrected chi connectivity index (χ3v) is 5.99. The molecule has 1 aromatic rings. The molecule has 19 heavy (non-hydrogen) atoms. The van der Waals surface area contributed by atoms with Gasteiger partial charge in [0.2, 0.25) is 10.0 Å². The quantitative estimate of drug-likeness (QED) is 0.909. The number of hydrogen-bond donors (Lipinski definition) is 1. The number of likely N-dealkylation sites (N-methyl/N-ethyl adjacent to an activating group) is 1. The summed E-state index contributed by atoms with van der Waals surface area (Å²) in [7, 11) is -1.39. The number of nitrogens with zero attached hydrogens (tertiary/aromatic N) is 1. The molecule has 1 unspecified atom stereocenters. The molecule has 0 aliphatic carbocycles. The second-order valence-electron chi connectivity index (χ2n) is 4.91. The van der Waals surface area contributed by atoms with E-state index in [0.29, 0.717) is 22.0 Å². The molecule has 106 valence electrons. The molecule has 0 radical (unpaired) electrons. The molecule has 2 rings (SSSR count). The van der Waals surface area contributed by atoms with E-state index in [1.54, 1.807) is 24.3 Å². The van der Waals surface area contributed by atoms with Gasteiger partial charge >= 0.3 is 0 Å². The largest absolute Gasteiger partial charge is 0.302 e. The number of hydrogen-bond acceptors (Lipinski definition) is 3. The molecule has 1 aliphatic heterocycles. The number of nitrogens with one attached hydrogen (secondary N) is 1. The van der Waals surface area contributed by atoms with Gasteiger partial charge in [-0.25, -0.2) is 13.1 Å². The van der Waals surface area contributed by atoms with Crippen molar-refractivity contribution >= 4 is 26.0 Å². The molecule has 1 N–H and O–H groups in total. The third kappa shape index (κ3) is 3.78. The lowest BCUT2D eigenvalue weighted by atomic mass is 10.0. The van der Waals surface area contributed by atoms with Crippen LogP contribution in [0.25, 0.3) is 0 Å². The highest BCUT2D eigenvalue weighted by molar-refractivity contribution is 9.10. The molecule has 0 bridgehead atoms. The Bertz CT molecular complexity index is 533. The van der Waals surface area contributed by atoms with Crippen LogP contribution in [-0.2, 0) is 10.0 Å². The normalized spacial score (nSPS) is 21.5. The second-order valence-corrected chi connectivity index (χ2v) is 7.50. The lowest BCUT2D eigenvalue weighted by Gasteiger charge is -2.32. The summed E-state index contributed by atoms with van der Waals surface area (Å²) < 4.78 is 27.8. The van der Waals surface area contributed by atoms with Gasteiger partial charge in [0, 0.05) is 17.1 Å². The molecule has 0 spiro atoms. The summed E-state index contributed by atoms with van der Waals surface area (Å²) >= 11 is 3.28. The van der Waals surface area contributed by atoms with Gasteiger partial charge in [-0.05, 0) is 54.5 Å². The van der Waals surface area contributed by atoms with E-state index in [1.807, 2.05) is 0 Å². The minimum Gasteiger partial charge on any atom is -0.302 e. The van der Waals surface area contributed by atoms with Crippen molar-refractivity contribution in [2.45, 2.75) is 30.2 Å². The highest BCUT2D eigenvalue weighted by atomic mass is 79.9. The van der Waals surface area contributed by atoms with Crippen LogP contribution in [0.2, 0.25) is 0 Å². The molecule has 1 atom stereocenters. The summed E-state index contributed by atoms with van der Waals surface area (Å²) in [4.78, 5) is 2.53. The van der Waals surface area contributed by atoms with Crippen molar-refractivity contribution < 1.29 is 8.42 Å². The van der Waals surface area contributed by atoms with Crippen LogP contribution in [-0.4, -0.2) is 39.5 Å². The molecule has 1 fully saturated rings. The molecule has 1 heterocycles. The Hall–Kier alpha value is -0.430. The van der Waals surface area contributed by atoms with Crippen molar-refractivity contribution in [1.29, 1.82) is 0 Å². The number of likely N-dealkylation sites (tertiary alicyclic amines) is 1. The standard InChI is InChI=1S/C13H19BrN2O2S/c1-16-9-5-4-6-11(16)10-15-19(17,18)13-8-3-2-7-12(13)14/h2-3,7-8,11,15H,4-6,9-10H2,1H3. The first kappa shape index (κ1) is 15.0. The fraction of sp³-hybridized carbons (Fsp3) is 0.538. The Labute approximate surface area is 123 Å². The minimum absolute atomic E-state index is 0.297. The molecular formula is C13H19BrN2O2S. The Morgan fingerprint density at radius 1 is 1.37 bits per heavy atom. The summed E-state index contributed by atoms with van der Waals surface area (Å²) in [5.74, 6) is 0. The Morgan fingerprint density at radius 2 is 2.11 bits per heavy atom. The molecule has 0 aromatic heterocycles. The molecule has 1 aliphatic rings. The van der Waals surface area contributed by atoms with E-state index >= 15 is 0 Å². The van der Waals surface area contributed by atoms with Crippen LogP contribution < -0.4 is 4.72 Å². The maximum absolute atomic E-state index is 12.2. The summed E-state index contributed by atoms with van der Waals surface area (Å²) in [6, 6.07) is 7.17. The van der Waals surface area contributed by atoms with E-state index in [-0.39, 0.29) is 0 Å². The van der Waals surface area contributed by atoms with Gasteiger partial charge < -0.3 is 4.90 Å². The van der Waals surface area contributed by atoms with Crippen molar-refractivity contribution in [3.05, 3.63) is 28.7 Å². The van der Waals surface area contributed by atoms with Crippen LogP contribution in [0.1, 0.15) is 19.3 Å². The molecule has 6 heteroatoms. The number of piperidine rings is 1. The van der Waals surface area contributed by atoms with Crippen molar-refractivity contribution in [3.8, 4) is 0 Å². The first-order chi connectivity index (χ1) is 9.00. The van der Waals surface area contributed by atoms with Gasteiger partial charge in [0.15, 0.2) is 0 Å². The van der Waals surface area contributed by atoms with Gasteiger partial charge in [-0.1, -0.05) is 18.6 Å². The van der Waals surface area contributed by atoms with Crippen molar-refractivity contribution in [2.24, 2.45) is 0 Å². The minimum atomic E-state index is -3.44. The predicted octanol–water partition coefficient (Wildman–Crippen LogP) is 2.21. The fourth-order valence-electron chi connectivity index (χ4n) is 2.35. The Kier molecular flexibility index (Phi) is 5.00. The van der Waals surface area contributed by atoms with Crippen LogP contribution in [0.5, 0.6) is 0 Å². The lowest BCUT2D eigenvalue weighted by Crippen LogP contribution is -2.44. The molecular weight excluding hydrogens is 328 g/mol. The highest BCUT2D eigenvalue weighted by Crippen LogP contribution is 2.21. The molecule has 1 aromatic carbocycles. The van der Waals surface area contributed by atoms with Crippen LogP contribution in [0.3, 0.4) is 0 Å². The van der Waals surface area contributed by atoms with E-state index in [2.05, 4.69) is 32.6 Å². The molecule has 0 saturated carbocycles. The van der Waals surface area contributed by atoms with Crippen LogP contribution in [0.15, 0.2) is 33.6 Å². The number of halogens is 1. The summed E-state index contributed by atoms with van der Waals surface area (Å²) in [6.07, 6.45) is 3.42. The average molecular weight is 347 g/mol. The van der Waals surface area contributed by atoms with Crippen molar-refractivity contribution in [3.63, 3.8) is 0 Å². The van der Waals surface area contributed by atoms with Crippen molar-refractivity contribution in [1.82, 2.24) is 9.62 Å². The third-order valence-electron chi connectivity index (χ3n) is 3.56. The van der Waals surface area contributed by atoms with E-state index in [4.69, 9.17) is 0 Å². The average Bonchev–Trinajstić information content (AvgIpc) is 2.38. The maximum Gasteiger partial charge on any atom is 0.241 e. The van der Waals surface area contributed by atoms with Gasteiger partial charge in [0.05, 0.1) is 4.90 Å². The van der Waals surface area contributed by atoms with Crippen LogP contribution >= 0.6 is 15.9 Å². The van der Waals surface area contributed by atoms with Crippen LogP contribution in [0.4, 0.5) is 0 Å². The topological polar surface area (TPSA) is 49.4 Å². The Balaban J connectivity index is 2.04. The zero-order chi connectivity index (χ0) is 13.9. The monoisotopic (exact) mass is 346 g/mol. The lowest BCUT2D eigenvalue weighted by molar-refractivity contribution is 0.187. The number of benzene rings is 1. The molecule has 1 saturated heterocycles. The number of rotatable bonds is 4. The second kappa shape index (κ2) is 6.35. The van der Waals surface area contributed by atoms with Gasteiger partial charge in [-0.15, -0.1) is 0 Å². The predicted molar refractivity (Wildman–Crippen MR) is 79.6 cm³/mol. The summed E-state index contributed by atoms with van der Waals surface area (Å²) in [6.45, 7) is 1.52. The van der Waals surface area contributed by atoms with Gasteiger partial charge in [-0.3, -0.25) is 0 Å². The fourth-order valence-corrected chi connectivity index (χ4v) is 4.42. The SMILES string of the molecule is CN1CCCCC1CNS(=O)(=O)c1ccccc1Br. The smallest absolute Gasteiger partial charge is 0.241 e. The zero-order valence-electron chi connectivity index (χ0n) is 11.0. The first-order valence-corrected chi connectivity index (χ1v) is 8.73.